The highest BCUT2D eigenvalue weighted by atomic mass is 35.5. The molecule has 0 unspecified atom stereocenters. The zero-order chi connectivity index (χ0) is 13.4. The summed E-state index contributed by atoms with van der Waals surface area (Å²) in [4.78, 5) is 8.26. The van der Waals surface area contributed by atoms with Crippen molar-refractivity contribution in [3.05, 3.63) is 41.3 Å². The van der Waals surface area contributed by atoms with Crippen molar-refractivity contribution in [2.24, 2.45) is 0 Å². The van der Waals surface area contributed by atoms with E-state index in [0.29, 0.717) is 28.1 Å². The highest BCUT2D eigenvalue weighted by molar-refractivity contribution is 6.30. The number of aryl methyl sites for hydroxylation is 1. The van der Waals surface area contributed by atoms with Gasteiger partial charge in [0.1, 0.15) is 6.33 Å². The maximum absolute atomic E-state index is 5.86. The van der Waals surface area contributed by atoms with Gasteiger partial charge in [-0.3, -0.25) is 0 Å². The molecule has 2 N–H and O–H groups in total. The molecule has 0 spiro atoms. The van der Waals surface area contributed by atoms with Crippen molar-refractivity contribution in [1.29, 1.82) is 0 Å². The second-order valence-corrected chi connectivity index (χ2v) is 4.43. The lowest BCUT2D eigenvalue weighted by atomic mass is 10.3. The van der Waals surface area contributed by atoms with E-state index in [0.717, 1.165) is 5.69 Å². The summed E-state index contributed by atoms with van der Waals surface area (Å²) in [5.74, 6) is 1.48. The average molecular weight is 276 g/mol. The Hall–Kier alpha value is -2.34. The first kappa shape index (κ1) is 11.7. The summed E-state index contributed by atoms with van der Waals surface area (Å²) in [5.41, 5.74) is 7.09. The predicted octanol–water partition coefficient (Wildman–Crippen LogP) is 2.46. The fourth-order valence-electron chi connectivity index (χ4n) is 1.69. The number of aromatic nitrogens is 4. The Balaban J connectivity index is 2.07. The first-order valence-electron chi connectivity index (χ1n) is 5.54. The van der Waals surface area contributed by atoms with Gasteiger partial charge in [0, 0.05) is 16.8 Å². The van der Waals surface area contributed by atoms with E-state index in [4.69, 9.17) is 22.1 Å². The first-order chi connectivity index (χ1) is 9.13. The predicted molar refractivity (Wildman–Crippen MR) is 71.5 cm³/mol. The molecule has 3 rings (SSSR count). The standard InChI is InChI=1S/C12H10ClN5O/c1-7-4-11(18-12(17-7)15-6-16-18)19-10-3-2-8(13)5-9(10)14/h2-6H,14H2,1H3. The molecule has 0 amide bonds. The molecule has 6 nitrogen and oxygen atoms in total. The number of ether oxygens (including phenoxy) is 1. The largest absolute Gasteiger partial charge is 0.437 e. The second-order valence-electron chi connectivity index (χ2n) is 3.99. The molecule has 2 aromatic heterocycles. The molecule has 0 saturated carbocycles. The van der Waals surface area contributed by atoms with Crippen molar-refractivity contribution in [2.75, 3.05) is 5.73 Å². The van der Waals surface area contributed by atoms with E-state index in [-0.39, 0.29) is 0 Å². The highest BCUT2D eigenvalue weighted by Gasteiger charge is 2.09. The minimum Gasteiger partial charge on any atom is -0.437 e. The summed E-state index contributed by atoms with van der Waals surface area (Å²) < 4.78 is 7.25. The van der Waals surface area contributed by atoms with Gasteiger partial charge in [-0.2, -0.15) is 14.6 Å². The summed E-state index contributed by atoms with van der Waals surface area (Å²) >= 11 is 5.85. The minimum absolute atomic E-state index is 0.454. The quantitative estimate of drug-likeness (QED) is 0.727. The normalized spacial score (nSPS) is 10.8. The molecule has 19 heavy (non-hydrogen) atoms. The number of halogens is 1. The molecule has 1 aromatic carbocycles. The van der Waals surface area contributed by atoms with E-state index in [1.165, 1.54) is 10.8 Å². The van der Waals surface area contributed by atoms with Crippen LogP contribution in [0.3, 0.4) is 0 Å². The lowest BCUT2D eigenvalue weighted by molar-refractivity contribution is 0.447. The van der Waals surface area contributed by atoms with Crippen LogP contribution in [0.1, 0.15) is 5.69 Å². The third-order valence-corrected chi connectivity index (χ3v) is 2.77. The van der Waals surface area contributed by atoms with Crippen LogP contribution in [0.2, 0.25) is 5.02 Å². The van der Waals surface area contributed by atoms with Crippen LogP contribution in [0.15, 0.2) is 30.6 Å². The average Bonchev–Trinajstić information content (AvgIpc) is 2.80. The number of fused-ring (bicyclic) bond motifs is 1. The van der Waals surface area contributed by atoms with Crippen LogP contribution in [0, 0.1) is 6.92 Å². The number of hydrogen-bond acceptors (Lipinski definition) is 5. The summed E-state index contributed by atoms with van der Waals surface area (Å²) in [6.07, 6.45) is 1.42. The molecule has 96 valence electrons. The van der Waals surface area contributed by atoms with Gasteiger partial charge in [0.05, 0.1) is 5.69 Å². The third-order valence-electron chi connectivity index (χ3n) is 2.53. The van der Waals surface area contributed by atoms with Gasteiger partial charge in [-0.25, -0.2) is 4.98 Å². The topological polar surface area (TPSA) is 78.3 Å². The van der Waals surface area contributed by atoms with Crippen LogP contribution in [0.5, 0.6) is 11.6 Å². The summed E-state index contributed by atoms with van der Waals surface area (Å²) in [7, 11) is 0. The van der Waals surface area contributed by atoms with Crippen LogP contribution in [-0.4, -0.2) is 19.6 Å². The molecular weight excluding hydrogens is 266 g/mol. The van der Waals surface area contributed by atoms with Crippen molar-refractivity contribution < 1.29 is 4.74 Å². The second kappa shape index (κ2) is 4.40. The molecule has 0 atom stereocenters. The minimum atomic E-state index is 0.454. The zero-order valence-electron chi connectivity index (χ0n) is 10.0. The molecule has 0 aliphatic heterocycles. The van der Waals surface area contributed by atoms with Gasteiger partial charge in [-0.1, -0.05) is 11.6 Å². The fourth-order valence-corrected chi connectivity index (χ4v) is 1.88. The number of nitrogen functional groups attached to an aromatic ring is 1. The SMILES string of the molecule is Cc1cc(Oc2ccc(Cl)cc2N)n2ncnc2n1. The highest BCUT2D eigenvalue weighted by Crippen LogP contribution is 2.29. The molecule has 0 bridgehead atoms. The van der Waals surface area contributed by atoms with Crippen molar-refractivity contribution in [3.8, 4) is 11.6 Å². The molecule has 0 fully saturated rings. The van der Waals surface area contributed by atoms with Crippen molar-refractivity contribution >= 4 is 23.1 Å². The van der Waals surface area contributed by atoms with Gasteiger partial charge < -0.3 is 10.5 Å². The molecule has 0 radical (unpaired) electrons. The monoisotopic (exact) mass is 275 g/mol. The number of nitrogens with two attached hydrogens (primary N) is 1. The van der Waals surface area contributed by atoms with Crippen LogP contribution >= 0.6 is 11.6 Å². The number of anilines is 1. The van der Waals surface area contributed by atoms with E-state index in [1.54, 1.807) is 24.3 Å². The Kier molecular flexibility index (Phi) is 2.72. The van der Waals surface area contributed by atoms with Gasteiger partial charge in [-0.05, 0) is 25.1 Å². The van der Waals surface area contributed by atoms with Gasteiger partial charge in [0.25, 0.3) is 5.78 Å². The van der Waals surface area contributed by atoms with E-state index in [1.807, 2.05) is 6.92 Å². The van der Waals surface area contributed by atoms with Gasteiger partial charge in [0.2, 0.25) is 5.88 Å². The molecule has 2 heterocycles. The molecular formula is C12H10ClN5O. The van der Waals surface area contributed by atoms with Gasteiger partial charge in [0.15, 0.2) is 5.75 Å². The molecule has 7 heteroatoms. The lowest BCUT2D eigenvalue weighted by Gasteiger charge is -2.09. The summed E-state index contributed by atoms with van der Waals surface area (Å²) in [5, 5.41) is 4.61. The smallest absolute Gasteiger partial charge is 0.255 e. The third kappa shape index (κ3) is 2.17. The molecule has 0 aliphatic carbocycles. The molecule has 0 saturated heterocycles. The number of benzene rings is 1. The van der Waals surface area contributed by atoms with Crippen LogP contribution in [0.4, 0.5) is 5.69 Å². The van der Waals surface area contributed by atoms with Crippen LogP contribution < -0.4 is 10.5 Å². The lowest BCUT2D eigenvalue weighted by Crippen LogP contribution is -2.00. The fraction of sp³-hybridized carbons (Fsp3) is 0.0833. The number of rotatable bonds is 2. The molecule has 3 aromatic rings. The zero-order valence-corrected chi connectivity index (χ0v) is 10.8. The summed E-state index contributed by atoms with van der Waals surface area (Å²) in [6.45, 7) is 1.85. The Morgan fingerprint density at radius 2 is 2.16 bits per heavy atom. The van der Waals surface area contributed by atoms with E-state index >= 15 is 0 Å². The van der Waals surface area contributed by atoms with Crippen LogP contribution in [-0.2, 0) is 0 Å². The number of hydrogen-bond donors (Lipinski definition) is 1. The van der Waals surface area contributed by atoms with Gasteiger partial charge in [-0.15, -0.1) is 0 Å². The van der Waals surface area contributed by atoms with Crippen molar-refractivity contribution in [2.45, 2.75) is 6.92 Å². The number of nitrogens with zero attached hydrogens (tertiary/aromatic N) is 4. The van der Waals surface area contributed by atoms with E-state index in [9.17, 15) is 0 Å². The Labute approximate surface area is 113 Å². The molecule has 0 aliphatic rings. The van der Waals surface area contributed by atoms with Crippen molar-refractivity contribution in [1.82, 2.24) is 19.6 Å². The maximum Gasteiger partial charge on any atom is 0.255 e. The van der Waals surface area contributed by atoms with Crippen molar-refractivity contribution in [3.63, 3.8) is 0 Å². The van der Waals surface area contributed by atoms with Gasteiger partial charge >= 0.3 is 0 Å². The Morgan fingerprint density at radius 1 is 1.32 bits per heavy atom. The van der Waals surface area contributed by atoms with Crippen LogP contribution in [0.25, 0.3) is 5.78 Å². The summed E-state index contributed by atoms with van der Waals surface area (Å²) in [6, 6.07) is 6.80. The Bertz CT molecular complexity index is 755. The van der Waals surface area contributed by atoms with E-state index in [2.05, 4.69) is 15.1 Å². The first-order valence-corrected chi connectivity index (χ1v) is 5.91. The Morgan fingerprint density at radius 3 is 2.95 bits per heavy atom. The maximum atomic E-state index is 5.86. The van der Waals surface area contributed by atoms with E-state index < -0.39 is 0 Å².